The van der Waals surface area contributed by atoms with Gasteiger partial charge in [0.1, 0.15) is 0 Å². The summed E-state index contributed by atoms with van der Waals surface area (Å²) >= 11 is 0. The summed E-state index contributed by atoms with van der Waals surface area (Å²) in [4.78, 5) is 14.5. The lowest BCUT2D eigenvalue weighted by Gasteiger charge is -2.48. The van der Waals surface area contributed by atoms with Crippen LogP contribution in [0.5, 0.6) is 0 Å². The van der Waals surface area contributed by atoms with Crippen molar-refractivity contribution in [3.05, 3.63) is 69.8 Å². The van der Waals surface area contributed by atoms with Crippen molar-refractivity contribution in [3.8, 4) is 6.07 Å². The van der Waals surface area contributed by atoms with E-state index in [2.05, 4.69) is 70.2 Å². The van der Waals surface area contributed by atoms with Crippen molar-refractivity contribution >= 4 is 5.97 Å². The largest absolute Gasteiger partial charge is 0.481 e. The number of unbranched alkanes of at least 4 members (excludes halogenated alkanes) is 2. The average molecular weight is 762 g/mol. The fraction of sp³-hybridized carbons (Fsp3) is 0.736. The van der Waals surface area contributed by atoms with Gasteiger partial charge in [0, 0.05) is 5.92 Å². The van der Waals surface area contributed by atoms with E-state index in [4.69, 9.17) is 0 Å². The zero-order valence-electron chi connectivity index (χ0n) is 36.3. The molecule has 4 fully saturated rings. The second-order valence-electron chi connectivity index (χ2n) is 19.6. The topological polar surface area (TPSA) is 61.1 Å². The summed E-state index contributed by atoms with van der Waals surface area (Å²) in [6, 6.07) is 16.7. The predicted molar refractivity (Wildman–Crippen MR) is 235 cm³/mol. The molecule has 0 saturated heterocycles. The van der Waals surface area contributed by atoms with Crippen molar-refractivity contribution in [1.29, 1.82) is 5.26 Å². The number of nitriles is 1. The first-order valence-corrected chi connectivity index (χ1v) is 24.3. The van der Waals surface area contributed by atoms with Crippen molar-refractivity contribution in [3.63, 3.8) is 0 Å². The van der Waals surface area contributed by atoms with Crippen LogP contribution in [0.3, 0.4) is 0 Å². The Hall–Kier alpha value is -2.60. The van der Waals surface area contributed by atoms with Gasteiger partial charge >= 0.3 is 5.97 Å². The lowest BCUT2D eigenvalue weighted by Crippen LogP contribution is -2.47. The summed E-state index contributed by atoms with van der Waals surface area (Å²) in [6.45, 7) is 9.19. The van der Waals surface area contributed by atoms with Crippen LogP contribution in [-0.4, -0.2) is 11.1 Å². The van der Waals surface area contributed by atoms with Gasteiger partial charge in [-0.25, -0.2) is 0 Å². The standard InChI is InChI=1S/C53H79NO2/c1-5-9-11-17-39-22-26-42(27-23-39)46-32-33-53(52(55)56,50(34-46)45-30-28-41(29-31-45)40-24-20-38(14-6-2)21-25-40)51-35-47(37-54)48(44-18-12-10-13-19-44)36-49(51)43(15-7-3)16-8-4/h28-31,35-36,38-40,42-44,46,50H,5-27,32-34H2,1-4H3,(H,55,56)/t38?,39?,40?,42?,46-,50+,53+/m0/s1. The van der Waals surface area contributed by atoms with Gasteiger partial charge in [-0.1, -0.05) is 141 Å². The summed E-state index contributed by atoms with van der Waals surface area (Å²) in [7, 11) is 0. The molecule has 2 aromatic rings. The minimum atomic E-state index is -1.04. The lowest BCUT2D eigenvalue weighted by molar-refractivity contribution is -0.147. The molecular weight excluding hydrogens is 683 g/mol. The SMILES string of the molecule is CCCCCC1CCC([C@H]2CC[C@](C(=O)O)(c3cc(C#N)c(C4CCCCC4)cc3C(CCC)CCC)[C@@H](c3ccc(C4CCC(CCC)CC4)cc3)C2)CC1. The molecule has 0 spiro atoms. The molecule has 4 aliphatic carbocycles. The van der Waals surface area contributed by atoms with Gasteiger partial charge in [-0.15, -0.1) is 0 Å². The monoisotopic (exact) mass is 762 g/mol. The zero-order chi connectivity index (χ0) is 39.5. The summed E-state index contributed by atoms with van der Waals surface area (Å²) in [5.41, 5.74) is 5.86. The van der Waals surface area contributed by atoms with E-state index in [0.717, 1.165) is 74.3 Å². The third-order valence-electron chi connectivity index (χ3n) is 16.1. The fourth-order valence-electron chi connectivity index (χ4n) is 12.9. The Morgan fingerprint density at radius 1 is 0.714 bits per heavy atom. The van der Waals surface area contributed by atoms with Gasteiger partial charge in [-0.3, -0.25) is 4.79 Å². The normalized spacial score (nSPS) is 28.9. The van der Waals surface area contributed by atoms with Crippen LogP contribution in [0.15, 0.2) is 36.4 Å². The van der Waals surface area contributed by atoms with Crippen molar-refractivity contribution in [1.82, 2.24) is 0 Å². The molecule has 0 unspecified atom stereocenters. The minimum absolute atomic E-state index is 0.106. The van der Waals surface area contributed by atoms with Crippen LogP contribution >= 0.6 is 0 Å². The zero-order valence-corrected chi connectivity index (χ0v) is 36.3. The molecule has 0 bridgehead atoms. The number of carboxylic acid groups (broad SMARTS) is 1. The maximum atomic E-state index is 14.5. The number of benzene rings is 2. The quantitative estimate of drug-likeness (QED) is 0.163. The highest BCUT2D eigenvalue weighted by molar-refractivity contribution is 5.84. The Morgan fingerprint density at radius 2 is 1.36 bits per heavy atom. The second-order valence-corrected chi connectivity index (χ2v) is 19.6. The number of hydrogen-bond acceptors (Lipinski definition) is 2. The molecule has 0 heterocycles. The summed E-state index contributed by atoms with van der Waals surface area (Å²) in [5.74, 6) is 3.59. The molecule has 0 aromatic heterocycles. The van der Waals surface area contributed by atoms with E-state index < -0.39 is 11.4 Å². The van der Waals surface area contributed by atoms with Crippen LogP contribution in [-0.2, 0) is 10.2 Å². The maximum Gasteiger partial charge on any atom is 0.314 e. The molecule has 2 aromatic carbocycles. The van der Waals surface area contributed by atoms with E-state index in [9.17, 15) is 15.2 Å². The van der Waals surface area contributed by atoms with Crippen LogP contribution < -0.4 is 0 Å². The Bertz CT molecular complexity index is 1540. The first-order valence-electron chi connectivity index (χ1n) is 24.3. The number of carbonyl (C=O) groups is 1. The van der Waals surface area contributed by atoms with Crippen LogP contribution in [0.2, 0.25) is 0 Å². The summed E-state index contributed by atoms with van der Waals surface area (Å²) < 4.78 is 0. The highest BCUT2D eigenvalue weighted by Crippen LogP contribution is 2.57. The molecule has 3 nitrogen and oxygen atoms in total. The van der Waals surface area contributed by atoms with E-state index in [1.54, 1.807) is 0 Å². The van der Waals surface area contributed by atoms with Gasteiger partial charge in [-0.2, -0.15) is 5.26 Å². The van der Waals surface area contributed by atoms with Crippen molar-refractivity contribution < 1.29 is 9.90 Å². The van der Waals surface area contributed by atoms with E-state index >= 15 is 0 Å². The number of carboxylic acids is 1. The van der Waals surface area contributed by atoms with Crippen molar-refractivity contribution in [2.45, 2.75) is 224 Å². The Balaban J connectivity index is 1.41. The molecule has 1 N–H and O–H groups in total. The minimum Gasteiger partial charge on any atom is -0.481 e. The van der Waals surface area contributed by atoms with Crippen LogP contribution in [0.1, 0.15) is 252 Å². The third-order valence-corrected chi connectivity index (χ3v) is 16.1. The maximum absolute atomic E-state index is 14.5. The molecule has 4 saturated carbocycles. The second kappa shape index (κ2) is 20.9. The number of hydrogen-bond donors (Lipinski definition) is 1. The van der Waals surface area contributed by atoms with Crippen LogP contribution in [0.4, 0.5) is 0 Å². The van der Waals surface area contributed by atoms with Gasteiger partial charge in [0.25, 0.3) is 0 Å². The van der Waals surface area contributed by atoms with E-state index in [1.165, 1.54) is 131 Å². The molecule has 0 amide bonds. The van der Waals surface area contributed by atoms with Gasteiger partial charge in [-0.05, 0) is 159 Å². The lowest BCUT2D eigenvalue weighted by atomic mass is 9.54. The van der Waals surface area contributed by atoms with Crippen molar-refractivity contribution in [2.75, 3.05) is 0 Å². The van der Waals surface area contributed by atoms with Gasteiger partial charge in [0.05, 0.1) is 17.0 Å². The third kappa shape index (κ3) is 9.80. The van der Waals surface area contributed by atoms with E-state index in [1.807, 2.05) is 0 Å². The highest BCUT2D eigenvalue weighted by atomic mass is 16.4. The molecule has 4 aliphatic rings. The van der Waals surface area contributed by atoms with Crippen molar-refractivity contribution in [2.24, 2.45) is 23.7 Å². The first-order chi connectivity index (χ1) is 27.4. The summed E-state index contributed by atoms with van der Waals surface area (Å²) in [6.07, 6.45) is 31.5. The smallest absolute Gasteiger partial charge is 0.314 e. The van der Waals surface area contributed by atoms with Gasteiger partial charge < -0.3 is 5.11 Å². The molecule has 3 atom stereocenters. The van der Waals surface area contributed by atoms with Crippen LogP contribution in [0.25, 0.3) is 0 Å². The predicted octanol–water partition coefficient (Wildman–Crippen LogP) is 15.7. The fourth-order valence-corrected chi connectivity index (χ4v) is 12.9. The van der Waals surface area contributed by atoms with Gasteiger partial charge in [0.2, 0.25) is 0 Å². The van der Waals surface area contributed by atoms with E-state index in [-0.39, 0.29) is 5.92 Å². The molecule has 3 heteroatoms. The Kier molecular flexibility index (Phi) is 16.0. The number of nitrogens with zero attached hydrogens (tertiary/aromatic N) is 1. The average Bonchev–Trinajstić information content (AvgIpc) is 3.24. The highest BCUT2D eigenvalue weighted by Gasteiger charge is 2.54. The molecule has 308 valence electrons. The molecule has 56 heavy (non-hydrogen) atoms. The number of aliphatic carboxylic acids is 1. The van der Waals surface area contributed by atoms with Crippen LogP contribution in [0, 0.1) is 35.0 Å². The molecule has 6 rings (SSSR count). The molecule has 0 radical (unpaired) electrons. The van der Waals surface area contributed by atoms with E-state index in [0.29, 0.717) is 36.0 Å². The molecular formula is C53H79NO2. The first kappa shape index (κ1) is 43.0. The Morgan fingerprint density at radius 3 is 1.96 bits per heavy atom. The summed E-state index contributed by atoms with van der Waals surface area (Å²) in [5, 5.41) is 22.7. The molecule has 0 aliphatic heterocycles. The van der Waals surface area contributed by atoms with Gasteiger partial charge in [0.15, 0.2) is 0 Å². The number of rotatable bonds is 17. The Labute approximate surface area is 343 Å².